The number of benzene rings is 3. The van der Waals surface area contributed by atoms with Crippen molar-refractivity contribution in [2.24, 2.45) is 5.92 Å². The molecule has 3 rings (SSSR count). The Balaban J connectivity index is 1.56. The van der Waals surface area contributed by atoms with Gasteiger partial charge in [-0.1, -0.05) is 49.7 Å². The molecule has 3 aromatic rings. The number of ether oxygens (including phenoxy) is 2. The van der Waals surface area contributed by atoms with Gasteiger partial charge in [-0.15, -0.1) is 0 Å². The summed E-state index contributed by atoms with van der Waals surface area (Å²) in [4.78, 5) is 23.6. The van der Waals surface area contributed by atoms with Crippen LogP contribution in [0.25, 0.3) is 0 Å². The zero-order chi connectivity index (χ0) is 25.2. The molecule has 0 radical (unpaired) electrons. The second-order valence-corrected chi connectivity index (χ2v) is 9.03. The molecule has 6 heteroatoms. The summed E-state index contributed by atoms with van der Waals surface area (Å²) in [5.41, 5.74) is 4.39. The van der Waals surface area contributed by atoms with E-state index in [0.717, 1.165) is 17.5 Å². The van der Waals surface area contributed by atoms with E-state index in [9.17, 15) is 9.59 Å². The van der Waals surface area contributed by atoms with Crippen LogP contribution in [-0.2, 0) is 17.8 Å². The van der Waals surface area contributed by atoms with Crippen LogP contribution in [0.2, 0.25) is 0 Å². The van der Waals surface area contributed by atoms with Crippen LogP contribution in [0.15, 0.2) is 66.7 Å². The van der Waals surface area contributed by atoms with Crippen molar-refractivity contribution in [3.63, 3.8) is 0 Å². The van der Waals surface area contributed by atoms with E-state index in [1.807, 2.05) is 25.1 Å². The zero-order valence-corrected chi connectivity index (χ0v) is 20.5. The molecule has 0 saturated carbocycles. The maximum absolute atomic E-state index is 12.9. The molecule has 0 unspecified atom stereocenters. The molecule has 35 heavy (non-hydrogen) atoms. The van der Waals surface area contributed by atoms with Crippen LogP contribution >= 0.6 is 0 Å². The lowest BCUT2D eigenvalue weighted by Gasteiger charge is -2.13. The second kappa shape index (κ2) is 12.6. The molecule has 0 aromatic heterocycles. The van der Waals surface area contributed by atoms with E-state index in [1.165, 1.54) is 5.56 Å². The number of rotatable bonds is 12. The fourth-order valence-electron chi connectivity index (χ4n) is 3.60. The lowest BCUT2D eigenvalue weighted by atomic mass is 10.0. The lowest BCUT2D eigenvalue weighted by molar-refractivity contribution is -0.137. The topological polar surface area (TPSA) is 84.9 Å². The molecule has 1 amide bonds. The van der Waals surface area contributed by atoms with Crippen molar-refractivity contribution in [2.45, 2.75) is 46.6 Å². The lowest BCUT2D eigenvalue weighted by Crippen LogP contribution is -2.14. The van der Waals surface area contributed by atoms with E-state index in [4.69, 9.17) is 14.6 Å². The first-order valence-corrected chi connectivity index (χ1v) is 11.9. The molecule has 0 fully saturated rings. The van der Waals surface area contributed by atoms with E-state index in [2.05, 4.69) is 43.4 Å². The van der Waals surface area contributed by atoms with Gasteiger partial charge in [0.1, 0.15) is 18.1 Å². The highest BCUT2D eigenvalue weighted by Gasteiger charge is 2.14. The highest BCUT2D eigenvalue weighted by atomic mass is 16.5. The number of hydrogen-bond donors (Lipinski definition) is 2. The Bertz CT molecular complexity index is 1120. The van der Waals surface area contributed by atoms with E-state index in [-0.39, 0.29) is 18.9 Å². The number of anilines is 1. The number of aryl methyl sites for hydroxylation is 1. The Labute approximate surface area is 206 Å². The largest absolute Gasteiger partial charge is 0.493 e. The smallest absolute Gasteiger partial charge is 0.303 e. The second-order valence-electron chi connectivity index (χ2n) is 9.03. The van der Waals surface area contributed by atoms with Crippen LogP contribution in [0.1, 0.15) is 53.7 Å². The van der Waals surface area contributed by atoms with Gasteiger partial charge in [-0.05, 0) is 73.2 Å². The third-order valence-corrected chi connectivity index (χ3v) is 5.36. The van der Waals surface area contributed by atoms with Crippen molar-refractivity contribution in [1.82, 2.24) is 0 Å². The Kier molecular flexibility index (Phi) is 9.30. The number of amides is 1. The molecular formula is C29H33NO5. The third kappa shape index (κ3) is 8.49. The summed E-state index contributed by atoms with van der Waals surface area (Å²) >= 11 is 0. The Hall–Kier alpha value is -3.80. The third-order valence-electron chi connectivity index (χ3n) is 5.36. The van der Waals surface area contributed by atoms with E-state index in [0.29, 0.717) is 41.7 Å². The normalized spacial score (nSPS) is 10.7. The summed E-state index contributed by atoms with van der Waals surface area (Å²) in [5.74, 6) is 0.606. The average Bonchev–Trinajstić information content (AvgIpc) is 2.82. The molecule has 0 aliphatic carbocycles. The van der Waals surface area contributed by atoms with E-state index in [1.54, 1.807) is 24.3 Å². The summed E-state index contributed by atoms with van der Waals surface area (Å²) < 4.78 is 11.6. The molecule has 0 heterocycles. The standard InChI is InChI=1S/C29H33NO5/c1-20(2)17-22-7-9-23(10-8-22)19-35-25-13-11-24(12-14-25)30-29(33)26-18-21(3)6-15-27(26)34-16-4-5-28(31)32/h6-15,18,20H,4-5,16-17,19H2,1-3H3,(H,30,33)(H,31,32). The molecule has 6 nitrogen and oxygen atoms in total. The highest BCUT2D eigenvalue weighted by molar-refractivity contribution is 6.06. The number of carbonyl (C=O) groups excluding carboxylic acids is 1. The molecule has 0 atom stereocenters. The van der Waals surface area contributed by atoms with Gasteiger partial charge in [0.15, 0.2) is 0 Å². The maximum Gasteiger partial charge on any atom is 0.303 e. The van der Waals surface area contributed by atoms with Gasteiger partial charge < -0.3 is 19.9 Å². The Morgan fingerprint density at radius 2 is 1.60 bits per heavy atom. The highest BCUT2D eigenvalue weighted by Crippen LogP contribution is 2.23. The monoisotopic (exact) mass is 475 g/mol. The minimum atomic E-state index is -0.873. The molecule has 0 aliphatic rings. The fraction of sp³-hybridized carbons (Fsp3) is 0.310. The van der Waals surface area contributed by atoms with Gasteiger partial charge in [0.2, 0.25) is 0 Å². The zero-order valence-electron chi connectivity index (χ0n) is 20.5. The van der Waals surface area contributed by atoms with Gasteiger partial charge in [-0.2, -0.15) is 0 Å². The van der Waals surface area contributed by atoms with Crippen LogP contribution < -0.4 is 14.8 Å². The van der Waals surface area contributed by atoms with Gasteiger partial charge in [0, 0.05) is 12.1 Å². The predicted molar refractivity (Wildman–Crippen MR) is 137 cm³/mol. The summed E-state index contributed by atoms with van der Waals surface area (Å²) in [7, 11) is 0. The van der Waals surface area contributed by atoms with Gasteiger partial charge in [0.25, 0.3) is 5.91 Å². The number of nitrogens with one attached hydrogen (secondary N) is 1. The van der Waals surface area contributed by atoms with Crippen molar-refractivity contribution < 1.29 is 24.2 Å². The number of hydrogen-bond acceptors (Lipinski definition) is 4. The molecule has 2 N–H and O–H groups in total. The first-order valence-electron chi connectivity index (χ1n) is 11.9. The molecule has 0 aliphatic heterocycles. The summed E-state index contributed by atoms with van der Waals surface area (Å²) in [6.45, 7) is 7.01. The first kappa shape index (κ1) is 25.8. The summed E-state index contributed by atoms with van der Waals surface area (Å²) in [6.07, 6.45) is 1.45. The average molecular weight is 476 g/mol. The van der Waals surface area contributed by atoms with Gasteiger partial charge >= 0.3 is 5.97 Å². The molecule has 0 saturated heterocycles. The molecule has 0 spiro atoms. The van der Waals surface area contributed by atoms with Gasteiger partial charge in [-0.25, -0.2) is 0 Å². The Morgan fingerprint density at radius 3 is 2.26 bits per heavy atom. The fourth-order valence-corrected chi connectivity index (χ4v) is 3.60. The van der Waals surface area contributed by atoms with Crippen molar-refractivity contribution in [3.05, 3.63) is 89.0 Å². The van der Waals surface area contributed by atoms with E-state index >= 15 is 0 Å². The number of carbonyl (C=O) groups is 2. The van der Waals surface area contributed by atoms with Crippen LogP contribution in [0.5, 0.6) is 11.5 Å². The minimum absolute atomic E-state index is 0.0191. The number of aliphatic carboxylic acids is 1. The van der Waals surface area contributed by atoms with Gasteiger partial charge in [0.05, 0.1) is 12.2 Å². The summed E-state index contributed by atoms with van der Waals surface area (Å²) in [5, 5.41) is 11.7. The van der Waals surface area contributed by atoms with Crippen LogP contribution in [0.4, 0.5) is 5.69 Å². The van der Waals surface area contributed by atoms with E-state index < -0.39 is 5.97 Å². The molecule has 0 bridgehead atoms. The number of carboxylic acid groups (broad SMARTS) is 1. The SMILES string of the molecule is Cc1ccc(OCCCC(=O)O)c(C(=O)Nc2ccc(OCc3ccc(CC(C)C)cc3)cc2)c1. The Morgan fingerprint density at radius 1 is 0.914 bits per heavy atom. The predicted octanol–water partition coefficient (Wildman–Crippen LogP) is 6.27. The van der Waals surface area contributed by atoms with Crippen molar-refractivity contribution >= 4 is 17.6 Å². The molecular weight excluding hydrogens is 442 g/mol. The van der Waals surface area contributed by atoms with Crippen LogP contribution in [-0.4, -0.2) is 23.6 Å². The van der Waals surface area contributed by atoms with Crippen LogP contribution in [0, 0.1) is 12.8 Å². The first-order chi connectivity index (χ1) is 16.8. The summed E-state index contributed by atoms with van der Waals surface area (Å²) in [6, 6.07) is 21.1. The maximum atomic E-state index is 12.9. The molecule has 184 valence electrons. The van der Waals surface area contributed by atoms with Crippen molar-refractivity contribution in [1.29, 1.82) is 0 Å². The quantitative estimate of drug-likeness (QED) is 0.302. The van der Waals surface area contributed by atoms with Crippen molar-refractivity contribution in [2.75, 3.05) is 11.9 Å². The number of carboxylic acids is 1. The van der Waals surface area contributed by atoms with Crippen molar-refractivity contribution in [3.8, 4) is 11.5 Å². The van der Waals surface area contributed by atoms with Crippen LogP contribution in [0.3, 0.4) is 0 Å². The minimum Gasteiger partial charge on any atom is -0.493 e. The molecule has 3 aromatic carbocycles. The van der Waals surface area contributed by atoms with Gasteiger partial charge in [-0.3, -0.25) is 9.59 Å².